The molecule has 1 aromatic carbocycles. The summed E-state index contributed by atoms with van der Waals surface area (Å²) < 4.78 is 51.5. The van der Waals surface area contributed by atoms with Gasteiger partial charge in [0.15, 0.2) is 10.8 Å². The Morgan fingerprint density at radius 1 is 1.26 bits per heavy atom. The summed E-state index contributed by atoms with van der Waals surface area (Å²) in [4.78, 5) is 37.7. The second-order valence-electron chi connectivity index (χ2n) is 11.7. The Balaban J connectivity index is 1.34. The van der Waals surface area contributed by atoms with Gasteiger partial charge in [-0.1, -0.05) is 12.1 Å². The van der Waals surface area contributed by atoms with Crippen LogP contribution in [-0.4, -0.2) is 88.5 Å². The number of carboxylic acid groups (broad SMARTS) is 1. The Hall–Kier alpha value is -3.29. The smallest absolute Gasteiger partial charge is 0.338 e. The fourth-order valence-corrected chi connectivity index (χ4v) is 7.31. The molecule has 0 amide bonds. The molecule has 4 heterocycles. The third kappa shape index (κ3) is 5.46. The van der Waals surface area contributed by atoms with Crippen molar-refractivity contribution in [3.8, 4) is 0 Å². The van der Waals surface area contributed by atoms with Gasteiger partial charge in [0, 0.05) is 36.4 Å². The maximum atomic E-state index is 15.7. The van der Waals surface area contributed by atoms with Crippen LogP contribution in [-0.2, 0) is 14.3 Å². The van der Waals surface area contributed by atoms with E-state index in [0.29, 0.717) is 66.4 Å². The zero-order valence-electron chi connectivity index (χ0n) is 24.0. The molecule has 3 aliphatic heterocycles. The molecule has 0 unspecified atom stereocenters. The topological polar surface area (TPSA) is 107 Å². The highest BCUT2D eigenvalue weighted by Gasteiger charge is 2.60. The average Bonchev–Trinajstić information content (AvgIpc) is 3.28. The third-order valence-corrected chi connectivity index (χ3v) is 9.97. The van der Waals surface area contributed by atoms with Gasteiger partial charge in [-0.2, -0.15) is 0 Å². The molecule has 1 saturated carbocycles. The first-order valence-corrected chi connectivity index (χ1v) is 15.4. The minimum Gasteiger partial charge on any atom is -0.481 e. The van der Waals surface area contributed by atoms with Crippen molar-refractivity contribution < 1.29 is 32.6 Å². The maximum Gasteiger partial charge on any atom is 0.338 e. The van der Waals surface area contributed by atoms with Gasteiger partial charge in [0.25, 0.3) is 5.92 Å². The first kappa shape index (κ1) is 29.8. The molecular weight excluding hydrogens is 583 g/mol. The molecule has 43 heavy (non-hydrogen) atoms. The van der Waals surface area contributed by atoms with Crippen molar-refractivity contribution in [1.82, 2.24) is 20.1 Å². The quantitative estimate of drug-likeness (QED) is 0.383. The first-order chi connectivity index (χ1) is 20.5. The van der Waals surface area contributed by atoms with Gasteiger partial charge < -0.3 is 15.2 Å². The molecule has 0 spiro atoms. The molecule has 2 saturated heterocycles. The van der Waals surface area contributed by atoms with Crippen molar-refractivity contribution in [2.24, 2.45) is 10.4 Å². The van der Waals surface area contributed by atoms with Crippen LogP contribution in [0.3, 0.4) is 0 Å². The lowest BCUT2D eigenvalue weighted by Crippen LogP contribution is -2.46. The van der Waals surface area contributed by atoms with E-state index in [1.54, 1.807) is 47.4 Å². The number of nitrogens with zero attached hydrogens (tertiary/aromatic N) is 4. The number of aliphatic imine (C=N–C) groups is 1. The van der Waals surface area contributed by atoms with E-state index in [4.69, 9.17) is 9.73 Å². The van der Waals surface area contributed by atoms with Crippen molar-refractivity contribution in [3.63, 3.8) is 0 Å². The number of aliphatic carboxylic acids is 1. The summed E-state index contributed by atoms with van der Waals surface area (Å²) in [6.45, 7) is 3.59. The fourth-order valence-electron chi connectivity index (χ4n) is 6.72. The number of aromatic nitrogens is 1. The molecule has 6 rings (SSSR count). The molecule has 3 atom stereocenters. The zero-order valence-corrected chi connectivity index (χ0v) is 24.8. The Bertz CT molecular complexity index is 1480. The summed E-state index contributed by atoms with van der Waals surface area (Å²) in [6.07, 6.45) is 3.62. The molecular formula is C30H34F3N5O4S. The monoisotopic (exact) mass is 617 g/mol. The highest BCUT2D eigenvalue weighted by atomic mass is 32.1. The molecule has 9 nitrogen and oxygen atoms in total. The van der Waals surface area contributed by atoms with Gasteiger partial charge in [0.05, 0.1) is 30.2 Å². The standard InChI is InChI=1S/C30H34F3N5O4S/c1-3-42-27(39)22-20(35-25(26-34-11-14-43-26)36-23(22)18-5-4-6-19(31)17(18)2)15-38-16-30(32,33)24-21(38)7-12-37(24)13-10-29(8-9-29)28(40)41/h4-6,11,14,21,23-24H,3,7-10,12-13,15-16H2,1-2H3,(H,35,36)(H,40,41)/t21-,23-,24+/m0/s1. The average molecular weight is 618 g/mol. The van der Waals surface area contributed by atoms with Crippen molar-refractivity contribution in [3.05, 3.63) is 63.0 Å². The van der Waals surface area contributed by atoms with E-state index in [-0.39, 0.29) is 18.7 Å². The lowest BCUT2D eigenvalue weighted by molar-refractivity contribution is -0.144. The molecule has 2 aromatic rings. The van der Waals surface area contributed by atoms with Crippen LogP contribution in [0.4, 0.5) is 13.2 Å². The van der Waals surface area contributed by atoms with Crippen molar-refractivity contribution >= 4 is 29.1 Å². The number of likely N-dealkylation sites (tertiary alicyclic amines) is 2. The molecule has 3 fully saturated rings. The van der Waals surface area contributed by atoms with E-state index < -0.39 is 53.8 Å². The second kappa shape index (κ2) is 11.3. The van der Waals surface area contributed by atoms with Gasteiger partial charge in [0.2, 0.25) is 0 Å². The molecule has 1 aliphatic carbocycles. The van der Waals surface area contributed by atoms with Crippen LogP contribution in [0.25, 0.3) is 0 Å². The molecule has 4 aliphatic rings. The summed E-state index contributed by atoms with van der Waals surface area (Å²) in [6, 6.07) is 2.10. The Morgan fingerprint density at radius 3 is 2.72 bits per heavy atom. The zero-order chi connectivity index (χ0) is 30.5. The van der Waals surface area contributed by atoms with Crippen LogP contribution in [0.1, 0.15) is 54.8 Å². The fraction of sp³-hybridized carbons (Fsp3) is 0.533. The SMILES string of the molecule is CCOC(=O)C1=C(CN2CC(F)(F)[C@H]3[C@@H]2CCN3CCC2(C(=O)O)CC2)NC(c2nccs2)=N[C@H]1c1cccc(F)c1C. The summed E-state index contributed by atoms with van der Waals surface area (Å²) in [5.41, 5.74) is 0.527. The predicted octanol–water partition coefficient (Wildman–Crippen LogP) is 4.15. The highest BCUT2D eigenvalue weighted by Crippen LogP contribution is 2.50. The number of hydrogen-bond acceptors (Lipinski definition) is 9. The number of nitrogens with one attached hydrogen (secondary N) is 1. The molecule has 0 radical (unpaired) electrons. The van der Waals surface area contributed by atoms with E-state index in [1.165, 1.54) is 17.4 Å². The Morgan fingerprint density at radius 2 is 2.05 bits per heavy atom. The number of thiazole rings is 1. The van der Waals surface area contributed by atoms with Gasteiger partial charge in [-0.05, 0) is 63.3 Å². The number of amidine groups is 1. The van der Waals surface area contributed by atoms with Crippen LogP contribution < -0.4 is 5.32 Å². The number of hydrogen-bond donors (Lipinski definition) is 2. The number of ether oxygens (including phenoxy) is 1. The third-order valence-electron chi connectivity index (χ3n) is 9.19. The second-order valence-corrected chi connectivity index (χ2v) is 12.6. The van der Waals surface area contributed by atoms with Crippen LogP contribution >= 0.6 is 11.3 Å². The number of alkyl halides is 2. The number of halogens is 3. The number of carbonyl (C=O) groups excluding carboxylic acids is 1. The molecule has 0 bridgehead atoms. The highest BCUT2D eigenvalue weighted by molar-refractivity contribution is 7.11. The number of rotatable bonds is 10. The largest absolute Gasteiger partial charge is 0.481 e. The van der Waals surface area contributed by atoms with Crippen molar-refractivity contribution in [1.29, 1.82) is 0 Å². The number of carboxylic acids is 1. The molecule has 230 valence electrons. The van der Waals surface area contributed by atoms with Gasteiger partial charge in [-0.25, -0.2) is 22.9 Å². The maximum absolute atomic E-state index is 15.7. The summed E-state index contributed by atoms with van der Waals surface area (Å²) >= 11 is 1.33. The predicted molar refractivity (Wildman–Crippen MR) is 154 cm³/mol. The number of benzene rings is 1. The number of fused-ring (bicyclic) bond motifs is 1. The minimum atomic E-state index is -3.04. The Kier molecular flexibility index (Phi) is 7.84. The normalized spacial score (nSPS) is 26.2. The lowest BCUT2D eigenvalue weighted by Gasteiger charge is -2.31. The van der Waals surface area contributed by atoms with Gasteiger partial charge in [-0.3, -0.25) is 19.6 Å². The minimum absolute atomic E-state index is 0.00688. The van der Waals surface area contributed by atoms with E-state index >= 15 is 8.78 Å². The van der Waals surface area contributed by atoms with Gasteiger partial charge in [-0.15, -0.1) is 11.3 Å². The number of esters is 1. The molecule has 13 heteroatoms. The van der Waals surface area contributed by atoms with Crippen molar-refractivity contribution in [2.45, 2.75) is 63.6 Å². The van der Waals surface area contributed by atoms with Gasteiger partial charge >= 0.3 is 11.9 Å². The summed E-state index contributed by atoms with van der Waals surface area (Å²) in [7, 11) is 0. The van der Waals surface area contributed by atoms with E-state index in [9.17, 15) is 19.1 Å². The van der Waals surface area contributed by atoms with Crippen LogP contribution in [0.5, 0.6) is 0 Å². The Labute approximate surface area is 251 Å². The van der Waals surface area contributed by atoms with Gasteiger partial charge in [0.1, 0.15) is 11.9 Å². The van der Waals surface area contributed by atoms with E-state index in [0.717, 1.165) is 0 Å². The van der Waals surface area contributed by atoms with Crippen LogP contribution in [0.15, 0.2) is 46.0 Å². The van der Waals surface area contributed by atoms with E-state index in [1.807, 2.05) is 0 Å². The first-order valence-electron chi connectivity index (χ1n) is 14.5. The van der Waals surface area contributed by atoms with Crippen LogP contribution in [0, 0.1) is 18.2 Å². The van der Waals surface area contributed by atoms with Crippen molar-refractivity contribution in [2.75, 3.05) is 32.8 Å². The number of carbonyl (C=O) groups is 2. The summed E-state index contributed by atoms with van der Waals surface area (Å²) in [5.74, 6) is -4.63. The van der Waals surface area contributed by atoms with E-state index in [2.05, 4.69) is 10.3 Å². The molecule has 1 aromatic heterocycles. The molecule has 2 N–H and O–H groups in total. The van der Waals surface area contributed by atoms with Crippen LogP contribution in [0.2, 0.25) is 0 Å². The lowest BCUT2D eigenvalue weighted by atomic mass is 9.92. The summed E-state index contributed by atoms with van der Waals surface area (Å²) in [5, 5.41) is 15.1.